The Labute approximate surface area is 150 Å². The molecule has 3 aromatic rings. The van der Waals surface area contributed by atoms with Crippen molar-refractivity contribution in [2.75, 3.05) is 14.2 Å². The van der Waals surface area contributed by atoms with E-state index in [0.717, 1.165) is 5.56 Å². The van der Waals surface area contributed by atoms with Gasteiger partial charge >= 0.3 is 0 Å². The van der Waals surface area contributed by atoms with Crippen molar-refractivity contribution in [1.29, 1.82) is 0 Å². The molecule has 0 fully saturated rings. The Kier molecular flexibility index (Phi) is 3.84. The van der Waals surface area contributed by atoms with E-state index in [1.165, 1.54) is 0 Å². The number of amides is 1. The van der Waals surface area contributed by atoms with Gasteiger partial charge in [-0.05, 0) is 30.7 Å². The second kappa shape index (κ2) is 6.18. The lowest BCUT2D eigenvalue weighted by molar-refractivity contribution is 0.0959. The molecule has 26 heavy (non-hydrogen) atoms. The molecule has 4 rings (SSSR count). The summed E-state index contributed by atoms with van der Waals surface area (Å²) in [5.41, 5.74) is 2.23. The first-order valence-corrected chi connectivity index (χ1v) is 8.18. The number of methoxy groups -OCH3 is 2. The zero-order valence-corrected chi connectivity index (χ0v) is 14.7. The number of benzene rings is 2. The zero-order valence-electron chi connectivity index (χ0n) is 14.7. The fourth-order valence-electron chi connectivity index (χ4n) is 3.34. The number of rotatable bonds is 4. The lowest BCUT2D eigenvalue weighted by Crippen LogP contribution is -2.23. The summed E-state index contributed by atoms with van der Waals surface area (Å²) in [6.07, 6.45) is 0. The molecule has 1 N–H and O–H groups in total. The van der Waals surface area contributed by atoms with E-state index < -0.39 is 6.04 Å². The van der Waals surface area contributed by atoms with Crippen LogP contribution in [0, 0.1) is 6.92 Å². The summed E-state index contributed by atoms with van der Waals surface area (Å²) in [5.74, 6) is 2.41. The number of para-hydroxylation sites is 1. The summed E-state index contributed by atoms with van der Waals surface area (Å²) in [7, 11) is 3.20. The van der Waals surface area contributed by atoms with Crippen LogP contribution in [0.4, 0.5) is 0 Å². The van der Waals surface area contributed by atoms with Crippen LogP contribution in [0.3, 0.4) is 0 Å². The van der Waals surface area contributed by atoms with Crippen LogP contribution in [0.1, 0.15) is 33.6 Å². The molecule has 0 spiro atoms. The minimum absolute atomic E-state index is 0.121. The molecule has 0 unspecified atom stereocenters. The SMILES string of the molecule is COc1cccc(OC)c1-n1c(C)nnc1[C@H]1NC(=O)c2ccccc21. The van der Waals surface area contributed by atoms with Crippen molar-refractivity contribution in [3.63, 3.8) is 0 Å². The van der Waals surface area contributed by atoms with Gasteiger partial charge in [0.25, 0.3) is 5.91 Å². The van der Waals surface area contributed by atoms with E-state index in [4.69, 9.17) is 9.47 Å². The first-order valence-electron chi connectivity index (χ1n) is 8.18. The number of carbonyl (C=O) groups excluding carboxylic acids is 1. The van der Waals surface area contributed by atoms with Crippen LogP contribution in [0.25, 0.3) is 5.69 Å². The summed E-state index contributed by atoms with van der Waals surface area (Å²) >= 11 is 0. The van der Waals surface area contributed by atoms with E-state index in [2.05, 4.69) is 15.5 Å². The normalized spacial score (nSPS) is 15.5. The van der Waals surface area contributed by atoms with Crippen LogP contribution in [0.2, 0.25) is 0 Å². The fourth-order valence-corrected chi connectivity index (χ4v) is 3.34. The molecule has 132 valence electrons. The third-order valence-electron chi connectivity index (χ3n) is 4.53. The number of fused-ring (bicyclic) bond motifs is 1. The molecule has 0 radical (unpaired) electrons. The molecular formula is C19H18N4O3. The van der Waals surface area contributed by atoms with Gasteiger partial charge < -0.3 is 14.8 Å². The maximum atomic E-state index is 12.3. The summed E-state index contributed by atoms with van der Waals surface area (Å²) in [6, 6.07) is 12.6. The van der Waals surface area contributed by atoms with Crippen LogP contribution in [-0.4, -0.2) is 34.9 Å². The molecule has 7 heteroatoms. The predicted molar refractivity (Wildman–Crippen MR) is 95.0 cm³/mol. The van der Waals surface area contributed by atoms with Gasteiger partial charge in [-0.15, -0.1) is 10.2 Å². The van der Waals surface area contributed by atoms with Crippen molar-refractivity contribution in [3.05, 3.63) is 65.2 Å². The van der Waals surface area contributed by atoms with Crippen molar-refractivity contribution >= 4 is 5.91 Å². The molecule has 1 aromatic heterocycles. The van der Waals surface area contributed by atoms with Crippen molar-refractivity contribution in [2.45, 2.75) is 13.0 Å². The second-order valence-corrected chi connectivity index (χ2v) is 5.95. The third kappa shape index (κ3) is 2.32. The minimum atomic E-state index is -0.394. The van der Waals surface area contributed by atoms with Gasteiger partial charge in [-0.25, -0.2) is 0 Å². The van der Waals surface area contributed by atoms with E-state index in [9.17, 15) is 4.79 Å². The molecule has 7 nitrogen and oxygen atoms in total. The van der Waals surface area contributed by atoms with Crippen LogP contribution in [-0.2, 0) is 0 Å². The Morgan fingerprint density at radius 1 is 1.00 bits per heavy atom. The van der Waals surface area contributed by atoms with E-state index in [0.29, 0.717) is 34.4 Å². The Morgan fingerprint density at radius 3 is 2.38 bits per heavy atom. The van der Waals surface area contributed by atoms with Gasteiger partial charge in [0.05, 0.1) is 14.2 Å². The lowest BCUT2D eigenvalue weighted by Gasteiger charge is -2.19. The van der Waals surface area contributed by atoms with E-state index in [1.54, 1.807) is 14.2 Å². The number of hydrogen-bond acceptors (Lipinski definition) is 5. The van der Waals surface area contributed by atoms with Crippen molar-refractivity contribution < 1.29 is 14.3 Å². The van der Waals surface area contributed by atoms with Crippen LogP contribution < -0.4 is 14.8 Å². The molecule has 0 aliphatic carbocycles. The number of nitrogens with zero attached hydrogens (tertiary/aromatic N) is 3. The third-order valence-corrected chi connectivity index (χ3v) is 4.53. The van der Waals surface area contributed by atoms with Gasteiger partial charge in [-0.1, -0.05) is 24.3 Å². The molecular weight excluding hydrogens is 332 g/mol. The van der Waals surface area contributed by atoms with Crippen molar-refractivity contribution in [1.82, 2.24) is 20.1 Å². The highest BCUT2D eigenvalue weighted by atomic mass is 16.5. The topological polar surface area (TPSA) is 78.3 Å². The number of carbonyl (C=O) groups is 1. The zero-order chi connectivity index (χ0) is 18.3. The van der Waals surface area contributed by atoms with Gasteiger partial charge in [0, 0.05) is 5.56 Å². The van der Waals surface area contributed by atoms with Crippen molar-refractivity contribution in [2.24, 2.45) is 0 Å². The van der Waals surface area contributed by atoms with Crippen LogP contribution in [0.15, 0.2) is 42.5 Å². The quantitative estimate of drug-likeness (QED) is 0.782. The number of hydrogen-bond donors (Lipinski definition) is 1. The summed E-state index contributed by atoms with van der Waals surface area (Å²) in [4.78, 5) is 12.3. The van der Waals surface area contributed by atoms with Crippen LogP contribution in [0.5, 0.6) is 11.5 Å². The fraction of sp³-hybridized carbons (Fsp3) is 0.211. The van der Waals surface area contributed by atoms with Gasteiger partial charge in [0.1, 0.15) is 29.1 Å². The highest BCUT2D eigenvalue weighted by Crippen LogP contribution is 2.37. The highest BCUT2D eigenvalue weighted by Gasteiger charge is 2.34. The molecule has 1 amide bonds. The van der Waals surface area contributed by atoms with Gasteiger partial charge in [-0.3, -0.25) is 9.36 Å². The number of aryl methyl sites for hydroxylation is 1. The molecule has 1 atom stereocenters. The number of aromatic nitrogens is 3. The Morgan fingerprint density at radius 2 is 1.69 bits per heavy atom. The second-order valence-electron chi connectivity index (χ2n) is 5.95. The molecule has 1 aliphatic rings. The maximum absolute atomic E-state index is 12.3. The van der Waals surface area contributed by atoms with Crippen LogP contribution >= 0.6 is 0 Å². The monoisotopic (exact) mass is 350 g/mol. The van der Waals surface area contributed by atoms with E-state index >= 15 is 0 Å². The molecule has 0 saturated carbocycles. The highest BCUT2D eigenvalue weighted by molar-refractivity contribution is 5.99. The molecule has 2 aromatic carbocycles. The predicted octanol–water partition coefficient (Wildman–Crippen LogP) is 2.43. The largest absolute Gasteiger partial charge is 0.494 e. The Bertz CT molecular complexity index is 974. The summed E-state index contributed by atoms with van der Waals surface area (Å²) < 4.78 is 12.9. The molecule has 2 heterocycles. The first-order chi connectivity index (χ1) is 12.7. The Hall–Kier alpha value is -3.35. The van der Waals surface area contributed by atoms with E-state index in [1.807, 2.05) is 54.0 Å². The lowest BCUT2D eigenvalue weighted by atomic mass is 10.0. The van der Waals surface area contributed by atoms with Gasteiger partial charge in [-0.2, -0.15) is 0 Å². The molecule has 1 aliphatic heterocycles. The maximum Gasteiger partial charge on any atom is 0.252 e. The van der Waals surface area contributed by atoms with Crippen molar-refractivity contribution in [3.8, 4) is 17.2 Å². The molecule has 0 bridgehead atoms. The Balaban J connectivity index is 1.94. The summed E-state index contributed by atoms with van der Waals surface area (Å²) in [6.45, 7) is 1.85. The first kappa shape index (κ1) is 16.1. The van der Waals surface area contributed by atoms with Gasteiger partial charge in [0.2, 0.25) is 0 Å². The number of ether oxygens (including phenoxy) is 2. The molecule has 0 saturated heterocycles. The standard InChI is InChI=1S/C19H18N4O3/c1-11-21-22-18(16-12-7-4-5-8-13(12)19(24)20-16)23(11)17-14(25-2)9-6-10-15(17)26-3/h4-10,16H,1-3H3,(H,20,24)/t16-/m0/s1. The van der Waals surface area contributed by atoms with E-state index in [-0.39, 0.29) is 5.91 Å². The average molecular weight is 350 g/mol. The van der Waals surface area contributed by atoms with Gasteiger partial charge in [0.15, 0.2) is 5.82 Å². The smallest absolute Gasteiger partial charge is 0.252 e. The number of nitrogens with one attached hydrogen (secondary N) is 1. The summed E-state index contributed by atoms with van der Waals surface area (Å²) in [5, 5.41) is 11.6. The average Bonchev–Trinajstić information content (AvgIpc) is 3.21. The minimum Gasteiger partial charge on any atom is -0.494 e.